The molecule has 14 nitrogen and oxygen atoms in total. The molecule has 0 amide bonds. The summed E-state index contributed by atoms with van der Waals surface area (Å²) < 4.78 is 48.9. The number of nitrogens with zero attached hydrogens (tertiary/aromatic N) is 4. The molecule has 4 rings (SSSR count). The molecule has 0 spiro atoms. The summed E-state index contributed by atoms with van der Waals surface area (Å²) in [5.41, 5.74) is 1.01. The summed E-state index contributed by atoms with van der Waals surface area (Å²) in [6.45, 7) is 0.921. The molecular weight excluding hydrogens is 606 g/mol. The van der Waals surface area contributed by atoms with Crippen LogP contribution in [-0.2, 0) is 44.2 Å². The van der Waals surface area contributed by atoms with E-state index in [-0.39, 0.29) is 31.8 Å². The van der Waals surface area contributed by atoms with Crippen LogP contribution in [0.15, 0.2) is 23.4 Å². The maximum Gasteiger partial charge on any atom is 0.582 e. The van der Waals surface area contributed by atoms with Crippen LogP contribution in [0.2, 0.25) is 0 Å². The smallest absolute Gasteiger partial charge is 0.382 e. The molecule has 2 unspecified atom stereocenters. The molecule has 4 heterocycles. The van der Waals surface area contributed by atoms with Crippen molar-refractivity contribution < 1.29 is 42.0 Å². The predicted molar refractivity (Wildman–Crippen MR) is 148 cm³/mol. The Morgan fingerprint density at radius 2 is 1.88 bits per heavy atom. The molecule has 2 aromatic heterocycles. The summed E-state index contributed by atoms with van der Waals surface area (Å²) in [4.78, 5) is 43.2. The van der Waals surface area contributed by atoms with Crippen LogP contribution in [0.4, 0.5) is 0 Å². The molecular formula is C22H31N4O10P2S2+. The normalized spacial score (nSPS) is 28.5. The number of hydrogen-bond donors (Lipinski definition) is 2. The van der Waals surface area contributed by atoms with E-state index in [9.17, 15) is 19.0 Å². The monoisotopic (exact) mass is 637 g/mol. The molecule has 0 aromatic carbocycles. The number of aryl methyl sites for hydroxylation is 1. The fraction of sp³-hybridized carbons (Fsp3) is 0.636. The number of imidazole rings is 1. The number of aromatic nitrogens is 4. The average molecular weight is 638 g/mol. The van der Waals surface area contributed by atoms with Gasteiger partial charge in [-0.2, -0.15) is 4.98 Å². The summed E-state index contributed by atoms with van der Waals surface area (Å²) in [7, 11) is -0.790. The van der Waals surface area contributed by atoms with Crippen molar-refractivity contribution in [3.05, 3.63) is 46.2 Å². The highest BCUT2D eigenvalue weighted by Crippen LogP contribution is 2.50. The molecule has 0 bridgehead atoms. The van der Waals surface area contributed by atoms with Crippen LogP contribution in [0.3, 0.4) is 0 Å². The van der Waals surface area contributed by atoms with Crippen LogP contribution < -0.4 is 5.69 Å². The Balaban J connectivity index is 1.43. The summed E-state index contributed by atoms with van der Waals surface area (Å²) in [5.74, 6) is -0.167. The van der Waals surface area contributed by atoms with Crippen molar-refractivity contribution in [2.45, 2.75) is 70.5 Å². The number of ether oxygens (including phenoxy) is 3. The summed E-state index contributed by atoms with van der Waals surface area (Å²) in [6, 6.07) is 1.66. The molecule has 0 saturated carbocycles. The van der Waals surface area contributed by atoms with Crippen LogP contribution in [-0.4, -0.2) is 74.5 Å². The molecule has 2 aliphatic heterocycles. The minimum absolute atomic E-state index is 0.154. The quantitative estimate of drug-likeness (QED) is 0.199. The van der Waals surface area contributed by atoms with Crippen molar-refractivity contribution in [1.82, 2.24) is 19.1 Å². The minimum Gasteiger partial charge on any atom is -0.382 e. The van der Waals surface area contributed by atoms with E-state index in [0.717, 1.165) is 0 Å². The highest BCUT2D eigenvalue weighted by molar-refractivity contribution is 8.39. The standard InChI is InChI=1S/C22H30N4O10P2S2/c1-12-5-6-25(22(28)24-12)19-7-15(35-37(29)39)18(34-19)10-32-38(30,40)36-16-8-20(33-17(16)9-31-4)26-11-23-21(13(26)2)14(3)27/h5-6,11,15-20H,7-10H2,1-4H3,(H-,29,30,39,40)/p+1/t15-,16-,17+,18+,19+,20+,38?/m0/s1. The van der Waals surface area contributed by atoms with Gasteiger partial charge in [-0.3, -0.25) is 9.36 Å². The van der Waals surface area contributed by atoms with Gasteiger partial charge in [-0.1, -0.05) is 0 Å². The number of rotatable bonds is 12. The van der Waals surface area contributed by atoms with E-state index in [1.54, 1.807) is 30.7 Å². The van der Waals surface area contributed by atoms with Crippen LogP contribution >= 0.6 is 26.2 Å². The van der Waals surface area contributed by atoms with E-state index in [4.69, 9.17) is 39.6 Å². The van der Waals surface area contributed by atoms with Gasteiger partial charge in [-0.05, 0) is 36.3 Å². The van der Waals surface area contributed by atoms with Gasteiger partial charge in [0.25, 0.3) is 0 Å². The van der Waals surface area contributed by atoms with Crippen molar-refractivity contribution in [3.8, 4) is 0 Å². The van der Waals surface area contributed by atoms with Gasteiger partial charge in [-0.15, -0.1) is 4.52 Å². The number of carbonyl (C=O) groups excluding carboxylic acids is 1. The zero-order valence-corrected chi connectivity index (χ0v) is 25.7. The Kier molecular flexibility index (Phi) is 10.4. The number of hydrogen-bond acceptors (Lipinski definition) is 12. The Bertz CT molecular complexity index is 1360. The topological polar surface area (TPSA) is 162 Å². The third-order valence-electron chi connectivity index (χ3n) is 6.55. The molecule has 40 heavy (non-hydrogen) atoms. The van der Waals surface area contributed by atoms with E-state index in [0.29, 0.717) is 17.1 Å². The SMILES string of the molecule is COC[C@H]1O[C@@H](n2cnc(C(C)=O)c2C)C[C@@H]1OP(O)(=S)OC[C@H]1O[C@@H](n2ccc(C)nc2=O)C[C@@H]1O[P+](=O)S. The molecule has 2 fully saturated rings. The third-order valence-corrected chi connectivity index (χ3v) is 8.87. The maximum atomic E-state index is 12.4. The minimum atomic E-state index is -3.85. The predicted octanol–water partition coefficient (Wildman–Crippen LogP) is 2.77. The molecule has 0 radical (unpaired) electrons. The van der Waals surface area contributed by atoms with Crippen LogP contribution in [0.25, 0.3) is 0 Å². The van der Waals surface area contributed by atoms with Crippen molar-refractivity contribution in [2.75, 3.05) is 20.3 Å². The Labute approximate surface area is 241 Å². The fourth-order valence-electron chi connectivity index (χ4n) is 4.69. The number of thiol groups is 1. The van der Waals surface area contributed by atoms with Gasteiger partial charge in [0.15, 0.2) is 5.78 Å². The summed E-state index contributed by atoms with van der Waals surface area (Å²) in [5, 5.41) is 0. The summed E-state index contributed by atoms with van der Waals surface area (Å²) >= 11 is 9.11. The third kappa shape index (κ3) is 7.50. The van der Waals surface area contributed by atoms with Gasteiger partial charge in [0.1, 0.15) is 48.7 Å². The lowest BCUT2D eigenvalue weighted by Gasteiger charge is -2.24. The average Bonchev–Trinajstić information content (AvgIpc) is 3.54. The van der Waals surface area contributed by atoms with Gasteiger partial charge in [0.2, 0.25) is 0 Å². The van der Waals surface area contributed by atoms with E-state index in [1.807, 2.05) is 0 Å². The zero-order valence-electron chi connectivity index (χ0n) is 22.2. The van der Waals surface area contributed by atoms with E-state index in [2.05, 4.69) is 22.2 Å². The molecule has 2 aliphatic rings. The van der Waals surface area contributed by atoms with Gasteiger partial charge in [0, 0.05) is 44.5 Å². The number of Topliss-reactive ketones (excluding diaryl/α,β-unsaturated/α-hetero) is 1. The maximum absolute atomic E-state index is 12.4. The van der Waals surface area contributed by atoms with Crippen molar-refractivity contribution in [3.63, 3.8) is 0 Å². The second-order valence-corrected chi connectivity index (χ2v) is 13.8. The first-order chi connectivity index (χ1) is 18.9. The molecule has 220 valence electrons. The van der Waals surface area contributed by atoms with Crippen molar-refractivity contribution >= 4 is 43.8 Å². The molecule has 1 N–H and O–H groups in total. The van der Waals surface area contributed by atoms with Gasteiger partial charge in [0.05, 0.1) is 25.6 Å². The van der Waals surface area contributed by atoms with Crippen LogP contribution in [0.1, 0.15) is 54.1 Å². The number of carbonyl (C=O) groups is 1. The Hall–Kier alpha value is -1.42. The van der Waals surface area contributed by atoms with E-state index in [1.165, 1.54) is 24.9 Å². The zero-order chi connectivity index (χ0) is 29.2. The molecule has 8 atom stereocenters. The summed E-state index contributed by atoms with van der Waals surface area (Å²) in [6.07, 6.45) is -0.702. The lowest BCUT2D eigenvalue weighted by atomic mass is 10.2. The van der Waals surface area contributed by atoms with Crippen LogP contribution in [0, 0.1) is 13.8 Å². The highest BCUT2D eigenvalue weighted by Gasteiger charge is 2.44. The lowest BCUT2D eigenvalue weighted by Crippen LogP contribution is -2.30. The first kappa shape index (κ1) is 31.5. The van der Waals surface area contributed by atoms with Gasteiger partial charge >= 0.3 is 19.6 Å². The molecule has 2 aromatic rings. The van der Waals surface area contributed by atoms with Crippen molar-refractivity contribution in [1.29, 1.82) is 0 Å². The molecule has 2 saturated heterocycles. The second kappa shape index (κ2) is 13.3. The highest BCUT2D eigenvalue weighted by atomic mass is 32.7. The van der Waals surface area contributed by atoms with Gasteiger partial charge < -0.3 is 32.7 Å². The fourth-order valence-corrected chi connectivity index (χ4v) is 6.98. The largest absolute Gasteiger partial charge is 0.582 e. The van der Waals surface area contributed by atoms with Crippen molar-refractivity contribution in [2.24, 2.45) is 0 Å². The first-order valence-corrected chi connectivity index (χ1v) is 17.2. The number of ketones is 1. The molecule has 18 heteroatoms. The van der Waals surface area contributed by atoms with E-state index < -0.39 is 56.5 Å². The number of methoxy groups -OCH3 is 1. The van der Waals surface area contributed by atoms with Crippen LogP contribution in [0.5, 0.6) is 0 Å². The molecule has 0 aliphatic carbocycles. The second-order valence-electron chi connectivity index (χ2n) is 9.38. The van der Waals surface area contributed by atoms with E-state index >= 15 is 0 Å². The Morgan fingerprint density at radius 1 is 1.23 bits per heavy atom. The van der Waals surface area contributed by atoms with Gasteiger partial charge in [-0.25, -0.2) is 9.78 Å². The lowest BCUT2D eigenvalue weighted by molar-refractivity contribution is -0.0564. The Morgan fingerprint density at radius 3 is 2.48 bits per heavy atom. The first-order valence-electron chi connectivity index (χ1n) is 12.3.